The summed E-state index contributed by atoms with van der Waals surface area (Å²) in [7, 11) is 1.42. The van der Waals surface area contributed by atoms with Crippen molar-refractivity contribution < 1.29 is 23.0 Å². The number of rotatable bonds is 4. The Morgan fingerprint density at radius 2 is 1.80 bits per heavy atom. The fourth-order valence-electron chi connectivity index (χ4n) is 1.58. The Hall–Kier alpha value is -2.18. The summed E-state index contributed by atoms with van der Waals surface area (Å²) in [6.07, 6.45) is 0. The van der Waals surface area contributed by atoms with E-state index in [1.54, 1.807) is 30.3 Å². The van der Waals surface area contributed by atoms with Crippen LogP contribution in [-0.2, 0) is 11.1 Å². The van der Waals surface area contributed by atoms with Crippen LogP contribution in [0.5, 0.6) is 11.5 Å². The Bertz CT molecular complexity index is 639. The Labute approximate surface area is 118 Å². The minimum absolute atomic E-state index is 0.0984. The second kappa shape index (κ2) is 6.31. The number of benzene rings is 2. The number of carbonyl (C=O) groups excluding carboxylic acids is 1. The molecule has 0 heterocycles. The molecule has 2 aromatic rings. The van der Waals surface area contributed by atoms with Gasteiger partial charge in [-0.05, 0) is 24.3 Å². The predicted octanol–water partition coefficient (Wildman–Crippen LogP) is 2.50. The van der Waals surface area contributed by atoms with Gasteiger partial charge in [-0.25, -0.2) is 9.00 Å². The van der Waals surface area contributed by atoms with Gasteiger partial charge in [0.25, 0.3) is 0 Å². The molecule has 0 bridgehead atoms. The monoisotopic (exact) mass is 292 g/mol. The van der Waals surface area contributed by atoms with Crippen molar-refractivity contribution in [1.82, 2.24) is 0 Å². The van der Waals surface area contributed by atoms with E-state index in [0.29, 0.717) is 11.3 Å². The summed E-state index contributed by atoms with van der Waals surface area (Å²) in [4.78, 5) is 12.1. The Kier molecular flexibility index (Phi) is 4.49. The Morgan fingerprint density at radius 3 is 2.40 bits per heavy atom. The van der Waals surface area contributed by atoms with Crippen molar-refractivity contribution in [2.75, 3.05) is 7.11 Å². The lowest BCUT2D eigenvalue weighted by Crippen LogP contribution is -2.09. The molecule has 0 aliphatic heterocycles. The first-order valence-electron chi connectivity index (χ1n) is 5.68. The first-order chi connectivity index (χ1) is 9.61. The molecule has 0 spiro atoms. The molecule has 1 unspecified atom stereocenters. The van der Waals surface area contributed by atoms with E-state index < -0.39 is 17.0 Å². The third-order valence-electron chi connectivity index (χ3n) is 2.55. The molecule has 6 heteroatoms. The van der Waals surface area contributed by atoms with Crippen molar-refractivity contribution in [2.45, 2.75) is 4.90 Å². The maximum absolute atomic E-state index is 11.9. The lowest BCUT2D eigenvalue weighted by atomic mass is 10.2. The minimum atomic E-state index is -2.16. The Balaban J connectivity index is 2.30. The first kappa shape index (κ1) is 14.2. The fourth-order valence-corrected chi connectivity index (χ4v) is 1.97. The predicted molar refractivity (Wildman–Crippen MR) is 73.4 cm³/mol. The van der Waals surface area contributed by atoms with Gasteiger partial charge in [0.2, 0.25) is 0 Å². The molecule has 0 aliphatic rings. The van der Waals surface area contributed by atoms with Gasteiger partial charge in [-0.2, -0.15) is 0 Å². The van der Waals surface area contributed by atoms with E-state index in [4.69, 9.17) is 14.0 Å². The molecule has 0 aliphatic carbocycles. The second-order valence-corrected chi connectivity index (χ2v) is 4.79. The lowest BCUT2D eigenvalue weighted by molar-refractivity contribution is 0.0729. The number of carbonyl (C=O) groups is 1. The van der Waals surface area contributed by atoms with Crippen LogP contribution in [0.2, 0.25) is 0 Å². The van der Waals surface area contributed by atoms with Crippen molar-refractivity contribution in [3.8, 4) is 11.5 Å². The van der Waals surface area contributed by atoms with Gasteiger partial charge in [0.1, 0.15) is 0 Å². The zero-order valence-electron chi connectivity index (χ0n) is 10.6. The highest BCUT2D eigenvalue weighted by atomic mass is 32.2. The average molecular weight is 292 g/mol. The second-order valence-electron chi connectivity index (χ2n) is 3.82. The van der Waals surface area contributed by atoms with Crippen LogP contribution in [0.15, 0.2) is 53.4 Å². The zero-order chi connectivity index (χ0) is 14.5. The quantitative estimate of drug-likeness (QED) is 0.532. The molecule has 104 valence electrons. The average Bonchev–Trinajstić information content (AvgIpc) is 2.48. The molecule has 2 rings (SSSR count). The molecule has 0 amide bonds. The molecule has 0 saturated carbocycles. The van der Waals surface area contributed by atoms with Gasteiger partial charge in [0.15, 0.2) is 22.6 Å². The van der Waals surface area contributed by atoms with E-state index in [1.807, 2.05) is 0 Å². The summed E-state index contributed by atoms with van der Waals surface area (Å²) in [5.41, 5.74) is 0.380. The van der Waals surface area contributed by atoms with Crippen LogP contribution in [0.1, 0.15) is 10.4 Å². The van der Waals surface area contributed by atoms with Crippen LogP contribution >= 0.6 is 0 Å². The largest absolute Gasteiger partial charge is 0.493 e. The highest BCUT2D eigenvalue weighted by molar-refractivity contribution is 7.79. The highest BCUT2D eigenvalue weighted by Gasteiger charge is 2.14. The molecular formula is C14H12O5S. The van der Waals surface area contributed by atoms with Gasteiger partial charge < -0.3 is 14.0 Å². The van der Waals surface area contributed by atoms with Gasteiger partial charge in [-0.3, -0.25) is 0 Å². The molecule has 5 nitrogen and oxygen atoms in total. The Morgan fingerprint density at radius 1 is 1.10 bits per heavy atom. The standard InChI is InChI=1S/C14H12O5S/c1-18-12-8-7-11(20(16)17)9-13(12)19-14(15)10-5-3-2-4-6-10/h2-9H,1H3,(H,16,17). The molecule has 0 aromatic heterocycles. The molecule has 0 fully saturated rings. The molecule has 2 aromatic carbocycles. The molecule has 1 N–H and O–H groups in total. The molecule has 1 atom stereocenters. The summed E-state index contributed by atoms with van der Waals surface area (Å²) in [5.74, 6) is -0.158. The van der Waals surface area contributed by atoms with Gasteiger partial charge in [0.05, 0.1) is 17.6 Å². The van der Waals surface area contributed by atoms with E-state index in [0.717, 1.165) is 0 Å². The van der Waals surface area contributed by atoms with Gasteiger partial charge >= 0.3 is 5.97 Å². The summed E-state index contributed by atoms with van der Waals surface area (Å²) in [5, 5.41) is 0. The maximum atomic E-state index is 11.9. The maximum Gasteiger partial charge on any atom is 0.343 e. The normalized spacial score (nSPS) is 11.7. The first-order valence-corrected chi connectivity index (χ1v) is 6.78. The van der Waals surface area contributed by atoms with Crippen LogP contribution in [0, 0.1) is 0 Å². The minimum Gasteiger partial charge on any atom is -0.493 e. The van der Waals surface area contributed by atoms with Crippen molar-refractivity contribution in [1.29, 1.82) is 0 Å². The number of hydrogen-bond donors (Lipinski definition) is 1. The van der Waals surface area contributed by atoms with Crippen molar-refractivity contribution >= 4 is 17.0 Å². The third kappa shape index (κ3) is 3.23. The van der Waals surface area contributed by atoms with Gasteiger partial charge in [-0.15, -0.1) is 0 Å². The lowest BCUT2D eigenvalue weighted by Gasteiger charge is -2.10. The van der Waals surface area contributed by atoms with E-state index in [2.05, 4.69) is 0 Å². The molecular weight excluding hydrogens is 280 g/mol. The third-order valence-corrected chi connectivity index (χ3v) is 3.21. The number of ether oxygens (including phenoxy) is 2. The van der Waals surface area contributed by atoms with Crippen LogP contribution in [0.4, 0.5) is 0 Å². The topological polar surface area (TPSA) is 72.8 Å². The smallest absolute Gasteiger partial charge is 0.343 e. The number of hydrogen-bond acceptors (Lipinski definition) is 4. The SMILES string of the molecule is COc1ccc(S(=O)O)cc1OC(=O)c1ccccc1. The van der Waals surface area contributed by atoms with E-state index in [9.17, 15) is 9.00 Å². The van der Waals surface area contributed by atoms with Crippen LogP contribution < -0.4 is 9.47 Å². The number of methoxy groups -OCH3 is 1. The van der Waals surface area contributed by atoms with Crippen molar-refractivity contribution in [2.24, 2.45) is 0 Å². The summed E-state index contributed by atoms with van der Waals surface area (Å²) in [6.45, 7) is 0. The van der Waals surface area contributed by atoms with Gasteiger partial charge in [0, 0.05) is 6.07 Å². The van der Waals surface area contributed by atoms with Gasteiger partial charge in [-0.1, -0.05) is 18.2 Å². The van der Waals surface area contributed by atoms with E-state index >= 15 is 0 Å². The molecule has 0 radical (unpaired) electrons. The molecule has 20 heavy (non-hydrogen) atoms. The van der Waals surface area contributed by atoms with Crippen LogP contribution in [0.3, 0.4) is 0 Å². The van der Waals surface area contributed by atoms with Crippen molar-refractivity contribution in [3.63, 3.8) is 0 Å². The van der Waals surface area contributed by atoms with E-state index in [-0.39, 0.29) is 10.6 Å². The highest BCUT2D eigenvalue weighted by Crippen LogP contribution is 2.29. The number of esters is 1. The fraction of sp³-hybridized carbons (Fsp3) is 0.0714. The summed E-state index contributed by atoms with van der Waals surface area (Å²) in [6, 6.07) is 12.6. The van der Waals surface area contributed by atoms with Crippen molar-refractivity contribution in [3.05, 3.63) is 54.1 Å². The summed E-state index contributed by atoms with van der Waals surface area (Å²) >= 11 is -2.16. The zero-order valence-corrected chi connectivity index (χ0v) is 11.4. The van der Waals surface area contributed by atoms with Crippen LogP contribution in [0.25, 0.3) is 0 Å². The summed E-state index contributed by atoms with van der Waals surface area (Å²) < 4.78 is 30.4. The molecule has 0 saturated heterocycles. The van der Waals surface area contributed by atoms with E-state index in [1.165, 1.54) is 25.3 Å². The van der Waals surface area contributed by atoms with Crippen LogP contribution in [-0.4, -0.2) is 21.8 Å².